The van der Waals surface area contributed by atoms with Crippen LogP contribution in [0.4, 0.5) is 0 Å². The minimum atomic E-state index is -0.906. The van der Waals surface area contributed by atoms with Crippen molar-refractivity contribution in [3.8, 4) is 0 Å². The molecule has 0 amide bonds. The van der Waals surface area contributed by atoms with E-state index >= 15 is 0 Å². The number of carboxylic acids is 1. The summed E-state index contributed by atoms with van der Waals surface area (Å²) in [5.74, 6) is -0.524. The first-order chi connectivity index (χ1) is 7.59. The Morgan fingerprint density at radius 2 is 2.06 bits per heavy atom. The van der Waals surface area contributed by atoms with E-state index in [2.05, 4.69) is 18.8 Å². The van der Waals surface area contributed by atoms with Gasteiger partial charge in [0.1, 0.15) is 0 Å². The minimum Gasteiger partial charge on any atom is -0.478 e. The molecule has 2 aromatic rings. The van der Waals surface area contributed by atoms with Crippen LogP contribution in [0.3, 0.4) is 0 Å². The number of carbonyl (C=O) groups is 1. The summed E-state index contributed by atoms with van der Waals surface area (Å²) in [6.07, 6.45) is 3.54. The number of hydrogen-bond acceptors (Lipinski definition) is 2. The highest BCUT2D eigenvalue weighted by molar-refractivity contribution is 5.95. The molecule has 0 bridgehead atoms. The largest absolute Gasteiger partial charge is 0.478 e. The Morgan fingerprint density at radius 1 is 1.31 bits per heavy atom. The van der Waals surface area contributed by atoms with Crippen molar-refractivity contribution in [2.24, 2.45) is 0 Å². The second-order valence-corrected chi connectivity index (χ2v) is 4.12. The van der Waals surface area contributed by atoms with Crippen LogP contribution in [0.2, 0.25) is 0 Å². The Bertz CT molecular complexity index is 547. The molecule has 3 nitrogen and oxygen atoms in total. The van der Waals surface area contributed by atoms with Crippen LogP contribution in [-0.2, 0) is 0 Å². The first kappa shape index (κ1) is 10.6. The molecule has 3 heteroatoms. The van der Waals surface area contributed by atoms with E-state index in [1.807, 2.05) is 12.3 Å². The van der Waals surface area contributed by atoms with Crippen LogP contribution < -0.4 is 0 Å². The summed E-state index contributed by atoms with van der Waals surface area (Å²) in [6, 6.07) is 5.16. The summed E-state index contributed by atoms with van der Waals surface area (Å²) in [6.45, 7) is 4.20. The zero-order valence-electron chi connectivity index (χ0n) is 9.27. The third-order valence-corrected chi connectivity index (χ3v) is 2.66. The first-order valence-electron chi connectivity index (χ1n) is 5.20. The number of aromatic nitrogens is 1. The topological polar surface area (TPSA) is 50.2 Å². The van der Waals surface area contributed by atoms with Gasteiger partial charge in [-0.25, -0.2) is 4.79 Å². The summed E-state index contributed by atoms with van der Waals surface area (Å²) in [5, 5.41) is 10.9. The Hall–Kier alpha value is -1.90. The predicted molar refractivity (Wildman–Crippen MR) is 62.8 cm³/mol. The lowest BCUT2D eigenvalue weighted by Crippen LogP contribution is -1.97. The van der Waals surface area contributed by atoms with Crippen molar-refractivity contribution in [1.82, 2.24) is 4.98 Å². The Kier molecular flexibility index (Phi) is 2.60. The van der Waals surface area contributed by atoms with Gasteiger partial charge in [0.15, 0.2) is 0 Å². The zero-order chi connectivity index (χ0) is 11.7. The van der Waals surface area contributed by atoms with Gasteiger partial charge in [0.2, 0.25) is 0 Å². The summed E-state index contributed by atoms with van der Waals surface area (Å²) < 4.78 is 0. The lowest BCUT2D eigenvalue weighted by molar-refractivity contribution is 0.0697. The summed E-state index contributed by atoms with van der Waals surface area (Å²) in [7, 11) is 0. The molecule has 0 aliphatic heterocycles. The molecule has 0 atom stereocenters. The summed E-state index contributed by atoms with van der Waals surface area (Å²) in [5.41, 5.74) is 1.45. The first-order valence-corrected chi connectivity index (χ1v) is 5.20. The van der Waals surface area contributed by atoms with Crippen molar-refractivity contribution in [2.75, 3.05) is 0 Å². The molecule has 16 heavy (non-hydrogen) atoms. The molecular weight excluding hydrogens is 202 g/mol. The van der Waals surface area contributed by atoms with Gasteiger partial charge in [-0.05, 0) is 29.0 Å². The molecule has 0 saturated carbocycles. The Labute approximate surface area is 93.7 Å². The van der Waals surface area contributed by atoms with Crippen LogP contribution in [-0.4, -0.2) is 16.1 Å². The van der Waals surface area contributed by atoms with Crippen LogP contribution in [0.15, 0.2) is 30.6 Å². The Morgan fingerprint density at radius 3 is 2.69 bits per heavy atom. The van der Waals surface area contributed by atoms with Crippen LogP contribution in [0, 0.1) is 0 Å². The van der Waals surface area contributed by atoms with Gasteiger partial charge in [0, 0.05) is 17.8 Å². The van der Waals surface area contributed by atoms with Crippen LogP contribution in [0.1, 0.15) is 35.7 Å². The van der Waals surface area contributed by atoms with E-state index in [9.17, 15) is 4.79 Å². The molecule has 1 heterocycles. The van der Waals surface area contributed by atoms with Crippen LogP contribution in [0.5, 0.6) is 0 Å². The monoisotopic (exact) mass is 215 g/mol. The fraction of sp³-hybridized carbons (Fsp3) is 0.231. The predicted octanol–water partition coefficient (Wildman–Crippen LogP) is 3.06. The Balaban J connectivity index is 2.68. The average molecular weight is 215 g/mol. The van der Waals surface area contributed by atoms with Gasteiger partial charge in [-0.2, -0.15) is 0 Å². The molecule has 0 saturated heterocycles. The summed E-state index contributed by atoms with van der Waals surface area (Å²) in [4.78, 5) is 15.0. The molecule has 82 valence electrons. The average Bonchev–Trinajstić information content (AvgIpc) is 2.27. The number of rotatable bonds is 2. The molecule has 1 aromatic carbocycles. The van der Waals surface area contributed by atoms with Crippen molar-refractivity contribution >= 4 is 16.7 Å². The van der Waals surface area contributed by atoms with Crippen molar-refractivity contribution in [2.45, 2.75) is 19.8 Å². The van der Waals surface area contributed by atoms with Gasteiger partial charge < -0.3 is 5.11 Å². The number of pyridine rings is 1. The highest BCUT2D eigenvalue weighted by Crippen LogP contribution is 2.24. The summed E-state index contributed by atoms with van der Waals surface area (Å²) >= 11 is 0. The third-order valence-electron chi connectivity index (χ3n) is 2.66. The highest BCUT2D eigenvalue weighted by Gasteiger charge is 2.08. The molecule has 1 N–H and O–H groups in total. The second kappa shape index (κ2) is 3.93. The standard InChI is InChI=1S/C13H13NO2/c1-8(2)12-7-14-6-10-5-9(13(15)16)3-4-11(10)12/h3-8H,1-2H3,(H,15,16). The number of nitrogens with zero attached hydrogens (tertiary/aromatic N) is 1. The number of benzene rings is 1. The van der Waals surface area contributed by atoms with Crippen molar-refractivity contribution < 1.29 is 9.90 Å². The molecule has 0 unspecified atom stereocenters. The fourth-order valence-corrected chi connectivity index (χ4v) is 1.79. The number of fused-ring (bicyclic) bond motifs is 1. The third kappa shape index (κ3) is 1.76. The van der Waals surface area contributed by atoms with Gasteiger partial charge in [0.05, 0.1) is 5.56 Å². The van der Waals surface area contributed by atoms with E-state index in [0.29, 0.717) is 11.5 Å². The quantitative estimate of drug-likeness (QED) is 0.837. The van der Waals surface area contributed by atoms with Gasteiger partial charge in [-0.15, -0.1) is 0 Å². The van der Waals surface area contributed by atoms with Gasteiger partial charge >= 0.3 is 5.97 Å². The van der Waals surface area contributed by atoms with Crippen LogP contribution in [0.25, 0.3) is 10.8 Å². The van der Waals surface area contributed by atoms with Crippen molar-refractivity contribution in [1.29, 1.82) is 0 Å². The van der Waals surface area contributed by atoms with Gasteiger partial charge in [0.25, 0.3) is 0 Å². The fourth-order valence-electron chi connectivity index (χ4n) is 1.79. The van der Waals surface area contributed by atoms with E-state index in [0.717, 1.165) is 16.3 Å². The maximum atomic E-state index is 10.8. The highest BCUT2D eigenvalue weighted by atomic mass is 16.4. The van der Waals surface area contributed by atoms with Crippen molar-refractivity contribution in [3.63, 3.8) is 0 Å². The molecule has 0 radical (unpaired) electrons. The van der Waals surface area contributed by atoms with Crippen molar-refractivity contribution in [3.05, 3.63) is 41.7 Å². The normalized spacial score (nSPS) is 10.9. The van der Waals surface area contributed by atoms with E-state index < -0.39 is 5.97 Å². The van der Waals surface area contributed by atoms with Gasteiger partial charge in [-0.1, -0.05) is 19.9 Å². The molecule has 0 fully saturated rings. The smallest absolute Gasteiger partial charge is 0.335 e. The van der Waals surface area contributed by atoms with E-state index in [1.54, 1.807) is 18.3 Å². The molecule has 0 aliphatic carbocycles. The maximum Gasteiger partial charge on any atom is 0.335 e. The lowest BCUT2D eigenvalue weighted by atomic mass is 9.98. The molecular formula is C13H13NO2. The minimum absolute atomic E-state index is 0.301. The number of hydrogen-bond donors (Lipinski definition) is 1. The molecule has 2 rings (SSSR count). The SMILES string of the molecule is CC(C)c1cncc2cc(C(=O)O)ccc12. The lowest BCUT2D eigenvalue weighted by Gasteiger charge is -2.09. The van der Waals surface area contributed by atoms with E-state index in [-0.39, 0.29) is 0 Å². The van der Waals surface area contributed by atoms with Gasteiger partial charge in [-0.3, -0.25) is 4.98 Å². The van der Waals surface area contributed by atoms with Crippen LogP contribution >= 0.6 is 0 Å². The number of carboxylic acid groups (broad SMARTS) is 1. The molecule has 1 aromatic heterocycles. The van der Waals surface area contributed by atoms with E-state index in [4.69, 9.17) is 5.11 Å². The maximum absolute atomic E-state index is 10.8. The second-order valence-electron chi connectivity index (χ2n) is 4.12. The zero-order valence-corrected chi connectivity index (χ0v) is 9.27. The molecule has 0 aliphatic rings. The van der Waals surface area contributed by atoms with E-state index in [1.165, 1.54) is 0 Å². The number of aromatic carboxylic acids is 1. The molecule has 0 spiro atoms.